The van der Waals surface area contributed by atoms with E-state index in [1.54, 1.807) is 0 Å². The predicted molar refractivity (Wildman–Crippen MR) is 71.6 cm³/mol. The zero-order valence-corrected chi connectivity index (χ0v) is 10.5. The van der Waals surface area contributed by atoms with Crippen molar-refractivity contribution in [3.8, 4) is 0 Å². The molecular formula is C13H27BN2. The van der Waals surface area contributed by atoms with Crippen molar-refractivity contribution in [2.75, 3.05) is 0 Å². The van der Waals surface area contributed by atoms with Crippen LogP contribution in [0, 0.1) is 0 Å². The molecule has 0 amide bonds. The van der Waals surface area contributed by atoms with Crippen LogP contribution < -0.4 is 11.5 Å². The van der Waals surface area contributed by atoms with E-state index in [0.717, 1.165) is 25.7 Å². The first kappa shape index (κ1) is 14.0. The second kappa shape index (κ2) is 8.13. The predicted octanol–water partition coefficient (Wildman–Crippen LogP) is 2.51. The number of hydrogen-bond acceptors (Lipinski definition) is 2. The zero-order chi connectivity index (χ0) is 11.8. The maximum Gasteiger partial charge on any atom is 0.0699 e. The summed E-state index contributed by atoms with van der Waals surface area (Å²) < 4.78 is 0. The molecule has 0 aromatic heterocycles. The van der Waals surface area contributed by atoms with Crippen LogP contribution in [0.25, 0.3) is 0 Å². The summed E-state index contributed by atoms with van der Waals surface area (Å²) in [7, 11) is 6.06. The lowest BCUT2D eigenvalue weighted by Crippen LogP contribution is -2.21. The summed E-state index contributed by atoms with van der Waals surface area (Å²) in [5, 5.41) is 0. The lowest BCUT2D eigenvalue weighted by Gasteiger charge is -2.15. The van der Waals surface area contributed by atoms with Gasteiger partial charge in [0, 0.05) is 12.1 Å². The van der Waals surface area contributed by atoms with Gasteiger partial charge in [0.05, 0.1) is 7.85 Å². The zero-order valence-electron chi connectivity index (χ0n) is 10.5. The molecule has 3 heteroatoms. The highest BCUT2D eigenvalue weighted by Crippen LogP contribution is 2.21. The SMILES string of the molecule is [B]C1CCCCC(N)CCCCC(N)CC1. The van der Waals surface area contributed by atoms with Gasteiger partial charge in [-0.3, -0.25) is 0 Å². The van der Waals surface area contributed by atoms with Crippen molar-refractivity contribution in [1.29, 1.82) is 0 Å². The minimum Gasteiger partial charge on any atom is -0.328 e. The van der Waals surface area contributed by atoms with Crippen LogP contribution in [0.4, 0.5) is 0 Å². The van der Waals surface area contributed by atoms with Gasteiger partial charge in [-0.25, -0.2) is 0 Å². The summed E-state index contributed by atoms with van der Waals surface area (Å²) in [4.78, 5) is 0. The van der Waals surface area contributed by atoms with E-state index in [4.69, 9.17) is 19.3 Å². The Morgan fingerprint density at radius 2 is 1.06 bits per heavy atom. The topological polar surface area (TPSA) is 52.0 Å². The molecular weight excluding hydrogens is 195 g/mol. The second-order valence-electron chi connectivity index (χ2n) is 5.43. The quantitative estimate of drug-likeness (QED) is 0.619. The second-order valence-corrected chi connectivity index (χ2v) is 5.43. The van der Waals surface area contributed by atoms with Gasteiger partial charge in [0.25, 0.3) is 0 Å². The third kappa shape index (κ3) is 6.54. The van der Waals surface area contributed by atoms with Gasteiger partial charge in [-0.15, -0.1) is 0 Å². The molecule has 1 aliphatic carbocycles. The summed E-state index contributed by atoms with van der Waals surface area (Å²) in [5.41, 5.74) is 12.1. The molecule has 2 nitrogen and oxygen atoms in total. The number of rotatable bonds is 0. The van der Waals surface area contributed by atoms with Crippen LogP contribution in [0.15, 0.2) is 0 Å². The smallest absolute Gasteiger partial charge is 0.0699 e. The molecule has 0 bridgehead atoms. The van der Waals surface area contributed by atoms with Crippen molar-refractivity contribution in [1.82, 2.24) is 0 Å². The normalized spacial score (nSPS) is 35.8. The van der Waals surface area contributed by atoms with E-state index in [2.05, 4.69) is 0 Å². The standard InChI is InChI=1S/C13H27BN2/c14-11-5-1-2-6-12(15)7-3-4-8-13(16)10-9-11/h11-13H,1-10,15-16H2. The highest BCUT2D eigenvalue weighted by atomic mass is 14.6. The summed E-state index contributed by atoms with van der Waals surface area (Å²) in [6.45, 7) is 0. The molecule has 4 N–H and O–H groups in total. The highest BCUT2D eigenvalue weighted by molar-refractivity contribution is 6.11. The van der Waals surface area contributed by atoms with Crippen molar-refractivity contribution in [3.05, 3.63) is 0 Å². The monoisotopic (exact) mass is 222 g/mol. The van der Waals surface area contributed by atoms with E-state index < -0.39 is 0 Å². The lowest BCUT2D eigenvalue weighted by molar-refractivity contribution is 0.482. The van der Waals surface area contributed by atoms with Gasteiger partial charge in [0.1, 0.15) is 0 Å². The van der Waals surface area contributed by atoms with E-state index in [0.29, 0.717) is 17.9 Å². The molecule has 0 heterocycles. The Morgan fingerprint density at radius 3 is 1.62 bits per heavy atom. The van der Waals surface area contributed by atoms with Gasteiger partial charge in [0.15, 0.2) is 0 Å². The molecule has 1 aliphatic rings. The first-order chi connectivity index (χ1) is 7.68. The summed E-state index contributed by atoms with van der Waals surface area (Å²) in [5.74, 6) is 0.350. The van der Waals surface area contributed by atoms with Crippen LogP contribution >= 0.6 is 0 Å². The Bertz CT molecular complexity index is 157. The van der Waals surface area contributed by atoms with Crippen LogP contribution in [0.5, 0.6) is 0 Å². The maximum absolute atomic E-state index is 6.06. The Balaban J connectivity index is 2.30. The first-order valence-electron chi connectivity index (χ1n) is 6.95. The van der Waals surface area contributed by atoms with E-state index in [1.807, 2.05) is 0 Å². The molecule has 0 aliphatic heterocycles. The van der Waals surface area contributed by atoms with Gasteiger partial charge >= 0.3 is 0 Å². The van der Waals surface area contributed by atoms with Crippen LogP contribution in [0.1, 0.15) is 64.2 Å². The largest absolute Gasteiger partial charge is 0.328 e. The maximum atomic E-state index is 6.06. The van der Waals surface area contributed by atoms with Crippen molar-refractivity contribution in [2.45, 2.75) is 82.1 Å². The fourth-order valence-electron chi connectivity index (χ4n) is 2.49. The molecule has 3 unspecified atom stereocenters. The average molecular weight is 222 g/mol. The molecule has 2 radical (unpaired) electrons. The van der Waals surface area contributed by atoms with Crippen molar-refractivity contribution in [2.24, 2.45) is 11.5 Å². The van der Waals surface area contributed by atoms with Crippen LogP contribution in [-0.2, 0) is 0 Å². The third-order valence-electron chi connectivity index (χ3n) is 3.71. The fourth-order valence-corrected chi connectivity index (χ4v) is 2.49. The number of hydrogen-bond donors (Lipinski definition) is 2. The van der Waals surface area contributed by atoms with Crippen molar-refractivity contribution >= 4 is 7.85 Å². The summed E-state index contributed by atoms with van der Waals surface area (Å²) >= 11 is 0. The highest BCUT2D eigenvalue weighted by Gasteiger charge is 2.09. The minimum absolute atomic E-state index is 0.350. The van der Waals surface area contributed by atoms with Gasteiger partial charge < -0.3 is 11.5 Å². The van der Waals surface area contributed by atoms with E-state index >= 15 is 0 Å². The third-order valence-corrected chi connectivity index (χ3v) is 3.71. The van der Waals surface area contributed by atoms with E-state index in [-0.39, 0.29) is 0 Å². The van der Waals surface area contributed by atoms with Crippen LogP contribution in [0.2, 0.25) is 5.82 Å². The van der Waals surface area contributed by atoms with E-state index in [9.17, 15) is 0 Å². The number of nitrogens with two attached hydrogens (primary N) is 2. The summed E-state index contributed by atoms with van der Waals surface area (Å²) in [6, 6.07) is 0.747. The first-order valence-corrected chi connectivity index (χ1v) is 6.95. The Morgan fingerprint density at radius 1 is 0.625 bits per heavy atom. The Hall–Kier alpha value is -0.0151. The molecule has 0 saturated heterocycles. The Labute approximate surface area is 102 Å². The average Bonchev–Trinajstić information content (AvgIpc) is 2.27. The summed E-state index contributed by atoms with van der Waals surface area (Å²) in [6.07, 6.45) is 11.7. The van der Waals surface area contributed by atoms with Gasteiger partial charge in [-0.05, 0) is 25.7 Å². The lowest BCUT2D eigenvalue weighted by atomic mass is 9.78. The molecule has 0 aromatic rings. The van der Waals surface area contributed by atoms with Gasteiger partial charge in [-0.1, -0.05) is 44.3 Å². The van der Waals surface area contributed by atoms with Gasteiger partial charge in [-0.2, -0.15) is 0 Å². The molecule has 1 rings (SSSR count). The molecule has 0 spiro atoms. The molecule has 3 atom stereocenters. The van der Waals surface area contributed by atoms with E-state index in [1.165, 1.54) is 38.5 Å². The minimum atomic E-state index is 0.350. The molecule has 0 aromatic carbocycles. The van der Waals surface area contributed by atoms with Crippen LogP contribution in [-0.4, -0.2) is 19.9 Å². The fraction of sp³-hybridized carbons (Fsp3) is 1.00. The molecule has 92 valence electrons. The molecule has 1 saturated carbocycles. The van der Waals surface area contributed by atoms with Crippen molar-refractivity contribution < 1.29 is 0 Å². The van der Waals surface area contributed by atoms with Gasteiger partial charge in [0.2, 0.25) is 0 Å². The molecule has 16 heavy (non-hydrogen) atoms. The van der Waals surface area contributed by atoms with Crippen molar-refractivity contribution in [3.63, 3.8) is 0 Å². The van der Waals surface area contributed by atoms with Crippen LogP contribution in [0.3, 0.4) is 0 Å². The Kier molecular flexibility index (Phi) is 7.14. The molecule has 1 fully saturated rings.